The Hall–Kier alpha value is -4.94. The summed E-state index contributed by atoms with van der Waals surface area (Å²) in [5.41, 5.74) is 4.65. The fourth-order valence-electron chi connectivity index (χ4n) is 10.3. The van der Waals surface area contributed by atoms with Crippen molar-refractivity contribution < 1.29 is 78.3 Å². The van der Waals surface area contributed by atoms with Crippen molar-refractivity contribution in [1.29, 1.82) is 0 Å². The molecule has 2 unspecified atom stereocenters. The van der Waals surface area contributed by atoms with E-state index in [1.54, 1.807) is 26.4 Å². The Morgan fingerprint density at radius 3 is 1.60 bits per heavy atom. The molecule has 0 saturated carbocycles. The van der Waals surface area contributed by atoms with Crippen LogP contribution in [0, 0.1) is 0 Å². The van der Waals surface area contributed by atoms with E-state index >= 15 is 0 Å². The number of ether oxygens (including phenoxy) is 8. The number of benzene rings is 4. The molecule has 2 atom stereocenters. The molecule has 20 heteroatoms. The predicted octanol–water partition coefficient (Wildman–Crippen LogP) is 8.45. The molecule has 2 aliphatic heterocycles. The monoisotopic (exact) mass is 1110 g/mol. The van der Waals surface area contributed by atoms with Gasteiger partial charge in [-0.2, -0.15) is 21.4 Å². The molecule has 0 aliphatic carbocycles. The number of unbranched alkanes of at least 4 members (excludes halogenated alkanes) is 2. The summed E-state index contributed by atoms with van der Waals surface area (Å²) in [6, 6.07) is 17.1. The lowest BCUT2D eigenvalue weighted by molar-refractivity contribution is -0.438. The van der Waals surface area contributed by atoms with Crippen LogP contribution in [0.3, 0.4) is 0 Å². The fourth-order valence-corrected chi connectivity index (χ4v) is 11.3. The van der Waals surface area contributed by atoms with E-state index < -0.39 is 37.0 Å². The van der Waals surface area contributed by atoms with Crippen LogP contribution in [-0.2, 0) is 73.8 Å². The van der Waals surface area contributed by atoms with E-state index in [2.05, 4.69) is 42.4 Å². The Labute approximate surface area is 453 Å². The summed E-state index contributed by atoms with van der Waals surface area (Å²) in [7, 11) is -5.67. The van der Waals surface area contributed by atoms with E-state index in [-0.39, 0.29) is 16.2 Å². The minimum atomic E-state index is -4.47. The number of carbonyl (C=O) groups is 1. The van der Waals surface area contributed by atoms with Crippen LogP contribution in [0.5, 0.6) is 0 Å². The molecule has 0 saturated heterocycles. The van der Waals surface area contributed by atoms with Gasteiger partial charge >= 0.3 is 5.97 Å². The number of methoxy groups -OCH3 is 2. The van der Waals surface area contributed by atoms with Gasteiger partial charge in [-0.25, -0.2) is 0 Å². The first-order valence-electron chi connectivity index (χ1n) is 26.2. The second-order valence-electron chi connectivity index (χ2n) is 19.2. The molecule has 4 aromatic rings. The molecule has 4 aromatic carbocycles. The van der Waals surface area contributed by atoms with Crippen LogP contribution in [0.2, 0.25) is 0 Å². The Morgan fingerprint density at radius 2 is 1.09 bits per heavy atom. The van der Waals surface area contributed by atoms with Crippen molar-refractivity contribution in [2.75, 3.05) is 125 Å². The summed E-state index contributed by atoms with van der Waals surface area (Å²) in [6.07, 6.45) is 13.3. The minimum absolute atomic E-state index is 0.0764. The highest BCUT2D eigenvalue weighted by molar-refractivity contribution is 7.86. The summed E-state index contributed by atoms with van der Waals surface area (Å²) >= 11 is 0. The number of hydrogen-bond donors (Lipinski definition) is 3. The molecule has 0 aromatic heterocycles. The second kappa shape index (κ2) is 29.3. The Morgan fingerprint density at radius 1 is 0.597 bits per heavy atom. The predicted molar refractivity (Wildman–Crippen MR) is 295 cm³/mol. The van der Waals surface area contributed by atoms with Crippen LogP contribution in [0.25, 0.3) is 21.5 Å². The average molecular weight is 1110 g/mol. The van der Waals surface area contributed by atoms with Gasteiger partial charge in [0.15, 0.2) is 5.71 Å². The Balaban J connectivity index is 1.32. The van der Waals surface area contributed by atoms with Gasteiger partial charge < -0.3 is 47.9 Å². The zero-order valence-corrected chi connectivity index (χ0v) is 46.7. The van der Waals surface area contributed by atoms with Gasteiger partial charge in [0, 0.05) is 81.3 Å². The summed E-state index contributed by atoms with van der Waals surface area (Å²) < 4.78 is 116. The third kappa shape index (κ3) is 16.1. The number of likely N-dealkylation sites (N-methyl/N-ethyl adjacent to an activating group) is 1. The van der Waals surface area contributed by atoms with Crippen molar-refractivity contribution in [3.63, 3.8) is 0 Å². The summed E-state index contributed by atoms with van der Waals surface area (Å²) in [5.74, 6) is -0.838. The quantitative estimate of drug-likeness (QED) is 0.0168. The molecule has 0 bridgehead atoms. The summed E-state index contributed by atoms with van der Waals surface area (Å²) in [6.45, 7) is 13.7. The standard InChI is InChI=1S/C57H76N2O16S2/c1-6-58-49-22-16-43-41-45(76(62,63)64)18-20-47(43)54(49)56(2,24-27-70-33-35-74-39-37-72-31-29-68-4)51(58)13-9-7-10-14-52-57(3,25-28-71-34-36-75-40-38-73-32-30-69-5)55-48-21-19-46(77(65,66)67)42-44(48)17-23-50(55)59(52)26-12-8-11-15-53(60)61/h7,9-10,13-14,16-23,41-42H,6,8,11-12,15,24-40H2,1-5H3,(H2-,60,61,62,63,64,65,66,67)/p+1. The fraction of sp³-hybridized carbons (Fsp3) is 0.509. The van der Waals surface area contributed by atoms with E-state index in [9.17, 15) is 35.8 Å². The van der Waals surface area contributed by atoms with Gasteiger partial charge in [-0.3, -0.25) is 13.9 Å². The topological polar surface area (TPSA) is 226 Å². The number of nitrogens with zero attached hydrogens (tertiary/aromatic N) is 2. The van der Waals surface area contributed by atoms with Crippen molar-refractivity contribution in [3.8, 4) is 0 Å². The second-order valence-corrected chi connectivity index (χ2v) is 22.1. The van der Waals surface area contributed by atoms with Crippen molar-refractivity contribution in [2.24, 2.45) is 0 Å². The summed E-state index contributed by atoms with van der Waals surface area (Å²) in [4.78, 5) is 13.3. The third-order valence-electron chi connectivity index (χ3n) is 14.1. The number of rotatable bonds is 36. The van der Waals surface area contributed by atoms with Gasteiger partial charge in [0.25, 0.3) is 20.2 Å². The molecule has 18 nitrogen and oxygen atoms in total. The molecule has 0 amide bonds. The number of anilines is 1. The lowest BCUT2D eigenvalue weighted by Gasteiger charge is -2.30. The third-order valence-corrected chi connectivity index (χ3v) is 15.8. The number of aliphatic carboxylic acids is 1. The molecule has 0 radical (unpaired) electrons. The smallest absolute Gasteiger partial charge is 0.303 e. The van der Waals surface area contributed by atoms with Gasteiger partial charge in [0.2, 0.25) is 5.69 Å². The number of allylic oxidation sites excluding steroid dienone is 6. The number of carboxylic acids is 1. The molecule has 0 spiro atoms. The normalized spacial score (nSPS) is 18.3. The SMILES string of the molecule is CCN1C(=CC=CC=CC2=[N+](CCCCCC(=O)O)c3ccc4cc(S(=O)(=O)O)ccc4c3C2(C)CCOCCOCCOCCOC)C(C)(CCOCCOCCOCCOC)c2c1ccc1cc(S(=O)(=O)O)ccc21. The van der Waals surface area contributed by atoms with Gasteiger partial charge in [0.05, 0.1) is 94.5 Å². The molecule has 2 aliphatic rings. The van der Waals surface area contributed by atoms with Crippen LogP contribution in [0.4, 0.5) is 11.4 Å². The van der Waals surface area contributed by atoms with Crippen LogP contribution in [0.15, 0.2) is 107 Å². The van der Waals surface area contributed by atoms with Crippen LogP contribution in [0.1, 0.15) is 70.4 Å². The van der Waals surface area contributed by atoms with Crippen molar-refractivity contribution in [3.05, 3.63) is 108 Å². The Kier molecular flexibility index (Phi) is 23.3. The maximum atomic E-state index is 12.3. The zero-order chi connectivity index (χ0) is 55.5. The largest absolute Gasteiger partial charge is 0.481 e. The average Bonchev–Trinajstić information content (AvgIpc) is 3.86. The molecule has 0 fully saturated rings. The number of carboxylic acid groups (broad SMARTS) is 1. The summed E-state index contributed by atoms with van der Waals surface area (Å²) in [5, 5.41) is 12.4. The van der Waals surface area contributed by atoms with Gasteiger partial charge in [-0.15, -0.1) is 0 Å². The maximum absolute atomic E-state index is 12.3. The highest BCUT2D eigenvalue weighted by atomic mass is 32.2. The van der Waals surface area contributed by atoms with Gasteiger partial charge in [-0.05, 0) is 116 Å². The van der Waals surface area contributed by atoms with E-state index in [0.29, 0.717) is 148 Å². The molecule has 2 heterocycles. The molecule has 6 rings (SSSR count). The van der Waals surface area contributed by atoms with Gasteiger partial charge in [-0.1, -0.05) is 36.4 Å². The van der Waals surface area contributed by atoms with E-state index in [4.69, 9.17) is 37.9 Å². The molecular weight excluding hydrogens is 1030 g/mol. The highest BCUT2D eigenvalue weighted by Gasteiger charge is 2.49. The van der Waals surface area contributed by atoms with Crippen molar-refractivity contribution >= 4 is 64.8 Å². The molecular formula is C57H77N2O16S2+. The van der Waals surface area contributed by atoms with Gasteiger partial charge in [0.1, 0.15) is 6.54 Å². The maximum Gasteiger partial charge on any atom is 0.303 e. The first-order chi connectivity index (χ1) is 37.0. The zero-order valence-electron chi connectivity index (χ0n) is 45.1. The van der Waals surface area contributed by atoms with E-state index in [0.717, 1.165) is 44.7 Å². The van der Waals surface area contributed by atoms with Crippen molar-refractivity contribution in [2.45, 2.75) is 79.9 Å². The Bertz CT molecular complexity index is 2980. The van der Waals surface area contributed by atoms with Crippen LogP contribution < -0.4 is 4.90 Å². The van der Waals surface area contributed by atoms with E-state index in [1.165, 1.54) is 24.3 Å². The molecule has 422 valence electrons. The van der Waals surface area contributed by atoms with Crippen LogP contribution in [-0.4, -0.2) is 167 Å². The van der Waals surface area contributed by atoms with Crippen LogP contribution >= 0.6 is 0 Å². The molecule has 3 N–H and O–H groups in total. The minimum Gasteiger partial charge on any atom is -0.481 e. The van der Waals surface area contributed by atoms with E-state index in [1.807, 2.05) is 42.5 Å². The number of fused-ring (bicyclic) bond motifs is 6. The lowest BCUT2D eigenvalue weighted by Crippen LogP contribution is -2.33. The lowest BCUT2D eigenvalue weighted by atomic mass is 9.75. The first kappa shape index (κ1) is 61.3. The number of hydrogen-bond acceptors (Lipinski definition) is 14. The van der Waals surface area contributed by atoms with Crippen molar-refractivity contribution in [1.82, 2.24) is 0 Å². The highest BCUT2D eigenvalue weighted by Crippen LogP contribution is 2.53. The first-order valence-corrected chi connectivity index (χ1v) is 29.1. The molecule has 77 heavy (non-hydrogen) atoms.